The standard InChI is InChI=1S/C74H144O17P2/c1-6-10-13-16-19-22-25-27-29-30-31-32-33-35-37-40-43-49-54-59-73(78)90-69(63-84-72(77)58-53-48-42-39-36-34-28-26-23-20-17-14-11-7-2)65-88-92(80,81)86-61-68(75)62-87-93(82,83)89-66-70(91-74(79)60-55-50-45-44-46-51-56-67(5)9-4)64-85-71(76)57-52-47-41-38-24-21-18-15-12-8-3/h67-70,75H,6-66H2,1-5H3,(H,80,81)(H,82,83)/t67?,68-,69-,70-/m1/s1. The summed E-state index contributed by atoms with van der Waals surface area (Å²) < 4.78 is 68.4. The summed E-state index contributed by atoms with van der Waals surface area (Å²) >= 11 is 0. The summed E-state index contributed by atoms with van der Waals surface area (Å²) in [6.45, 7) is 7.22. The topological polar surface area (TPSA) is 237 Å². The highest BCUT2D eigenvalue weighted by molar-refractivity contribution is 7.47. The fourth-order valence-corrected chi connectivity index (χ4v) is 12.9. The van der Waals surface area contributed by atoms with E-state index in [1.165, 1.54) is 212 Å². The van der Waals surface area contributed by atoms with Gasteiger partial charge in [0, 0.05) is 25.7 Å². The van der Waals surface area contributed by atoms with Crippen molar-refractivity contribution in [2.45, 2.75) is 406 Å². The molecule has 0 aliphatic carbocycles. The number of aliphatic hydroxyl groups excluding tert-OH is 1. The number of esters is 4. The van der Waals surface area contributed by atoms with Gasteiger partial charge in [0.2, 0.25) is 0 Å². The largest absolute Gasteiger partial charge is 0.472 e. The van der Waals surface area contributed by atoms with Crippen LogP contribution in [0.1, 0.15) is 388 Å². The highest BCUT2D eigenvalue weighted by Crippen LogP contribution is 2.45. The van der Waals surface area contributed by atoms with Crippen molar-refractivity contribution < 1.29 is 80.2 Å². The average Bonchev–Trinajstić information content (AvgIpc) is 1.68. The van der Waals surface area contributed by atoms with Crippen LogP contribution in [-0.4, -0.2) is 96.7 Å². The summed E-state index contributed by atoms with van der Waals surface area (Å²) in [7, 11) is -9.90. The van der Waals surface area contributed by atoms with E-state index in [1.54, 1.807) is 0 Å². The third kappa shape index (κ3) is 67.0. The van der Waals surface area contributed by atoms with Crippen molar-refractivity contribution in [1.82, 2.24) is 0 Å². The van der Waals surface area contributed by atoms with Crippen LogP contribution in [0.15, 0.2) is 0 Å². The van der Waals surface area contributed by atoms with E-state index < -0.39 is 97.5 Å². The van der Waals surface area contributed by atoms with Crippen LogP contribution in [-0.2, 0) is 65.4 Å². The molecule has 3 N–H and O–H groups in total. The van der Waals surface area contributed by atoms with Gasteiger partial charge in [0.15, 0.2) is 12.2 Å². The maximum absolute atomic E-state index is 13.1. The van der Waals surface area contributed by atoms with Crippen LogP contribution in [0.2, 0.25) is 0 Å². The number of phosphoric acid groups is 2. The summed E-state index contributed by atoms with van der Waals surface area (Å²) in [4.78, 5) is 72.7. The van der Waals surface area contributed by atoms with Crippen molar-refractivity contribution in [3.63, 3.8) is 0 Å². The summed E-state index contributed by atoms with van der Waals surface area (Å²) in [5.74, 6) is -1.40. The molecule has 0 radical (unpaired) electrons. The zero-order valence-electron chi connectivity index (χ0n) is 60.4. The number of aliphatic hydroxyl groups is 1. The molecule has 0 saturated heterocycles. The van der Waals surface area contributed by atoms with Crippen molar-refractivity contribution >= 4 is 39.5 Å². The van der Waals surface area contributed by atoms with Crippen molar-refractivity contribution in [2.75, 3.05) is 39.6 Å². The Bertz CT molecular complexity index is 1790. The molecule has 93 heavy (non-hydrogen) atoms. The first-order valence-electron chi connectivity index (χ1n) is 38.7. The smallest absolute Gasteiger partial charge is 0.462 e. The van der Waals surface area contributed by atoms with Gasteiger partial charge in [0.05, 0.1) is 26.4 Å². The first kappa shape index (κ1) is 91.1. The third-order valence-corrected chi connectivity index (χ3v) is 19.5. The molecule has 0 aliphatic heterocycles. The van der Waals surface area contributed by atoms with Gasteiger partial charge in [-0.15, -0.1) is 0 Å². The Kier molecular flexibility index (Phi) is 65.9. The molecule has 0 amide bonds. The lowest BCUT2D eigenvalue weighted by molar-refractivity contribution is -0.161. The quantitative estimate of drug-likeness (QED) is 0.0222. The van der Waals surface area contributed by atoms with Gasteiger partial charge in [0.25, 0.3) is 0 Å². The summed E-state index contributed by atoms with van der Waals surface area (Å²) in [6, 6.07) is 0. The van der Waals surface area contributed by atoms with Gasteiger partial charge < -0.3 is 33.8 Å². The molecule has 19 heteroatoms. The molecule has 0 aromatic heterocycles. The monoisotopic (exact) mass is 1370 g/mol. The molecular weight excluding hydrogens is 1220 g/mol. The van der Waals surface area contributed by atoms with Crippen molar-refractivity contribution in [3.05, 3.63) is 0 Å². The second-order valence-corrected chi connectivity index (χ2v) is 29.8. The maximum Gasteiger partial charge on any atom is 0.472 e. The number of phosphoric ester groups is 2. The minimum Gasteiger partial charge on any atom is -0.462 e. The fraction of sp³-hybridized carbons (Fsp3) is 0.946. The first-order chi connectivity index (χ1) is 45.1. The van der Waals surface area contributed by atoms with Gasteiger partial charge >= 0.3 is 39.5 Å². The molecule has 0 aromatic carbocycles. The number of rotatable bonds is 74. The van der Waals surface area contributed by atoms with E-state index in [4.69, 9.17) is 37.0 Å². The van der Waals surface area contributed by atoms with Gasteiger partial charge in [-0.1, -0.05) is 336 Å². The van der Waals surface area contributed by atoms with Gasteiger partial charge in [-0.05, 0) is 31.6 Å². The number of hydrogen-bond acceptors (Lipinski definition) is 15. The van der Waals surface area contributed by atoms with Crippen LogP contribution in [0.5, 0.6) is 0 Å². The van der Waals surface area contributed by atoms with E-state index in [9.17, 15) is 43.2 Å². The molecule has 17 nitrogen and oxygen atoms in total. The average molecular weight is 1370 g/mol. The molecule has 3 unspecified atom stereocenters. The highest BCUT2D eigenvalue weighted by atomic mass is 31.2. The van der Waals surface area contributed by atoms with E-state index in [-0.39, 0.29) is 25.7 Å². The lowest BCUT2D eigenvalue weighted by atomic mass is 10.00. The third-order valence-electron chi connectivity index (χ3n) is 17.6. The van der Waals surface area contributed by atoms with Crippen molar-refractivity contribution in [1.29, 1.82) is 0 Å². The van der Waals surface area contributed by atoms with Crippen LogP contribution >= 0.6 is 15.6 Å². The Balaban J connectivity index is 5.21. The second-order valence-electron chi connectivity index (χ2n) is 26.9. The Morgan fingerprint density at radius 2 is 0.516 bits per heavy atom. The zero-order valence-corrected chi connectivity index (χ0v) is 62.2. The fourth-order valence-electron chi connectivity index (χ4n) is 11.3. The second kappa shape index (κ2) is 67.3. The Labute approximate surface area is 568 Å². The van der Waals surface area contributed by atoms with E-state index in [2.05, 4.69) is 34.6 Å². The first-order valence-corrected chi connectivity index (χ1v) is 41.7. The lowest BCUT2D eigenvalue weighted by Crippen LogP contribution is -2.30. The van der Waals surface area contributed by atoms with Gasteiger partial charge in [-0.3, -0.25) is 37.3 Å². The SMILES string of the molecule is CCCCCCCCCCCCCCCCCCCCCC(=O)O[C@H](COC(=O)CCCCCCCCCCCCCCCC)COP(=O)(O)OC[C@@H](O)COP(=O)(O)OC[C@@H](COC(=O)CCCCCCCCCCCC)OC(=O)CCCCCCCCC(C)CC. The summed E-state index contributed by atoms with van der Waals surface area (Å²) in [5, 5.41) is 10.6. The van der Waals surface area contributed by atoms with Gasteiger partial charge in [0.1, 0.15) is 19.3 Å². The summed E-state index contributed by atoms with van der Waals surface area (Å²) in [5.41, 5.74) is 0. The van der Waals surface area contributed by atoms with E-state index >= 15 is 0 Å². The van der Waals surface area contributed by atoms with Crippen LogP contribution in [0.3, 0.4) is 0 Å². The minimum absolute atomic E-state index is 0.104. The minimum atomic E-state index is -4.95. The number of unbranched alkanes of at least 4 members (excludes halogenated alkanes) is 45. The van der Waals surface area contributed by atoms with E-state index in [0.717, 1.165) is 95.8 Å². The molecular formula is C74H144O17P2. The molecule has 0 spiro atoms. The normalized spacial score (nSPS) is 14.3. The molecule has 552 valence electrons. The Morgan fingerprint density at radius 1 is 0.301 bits per heavy atom. The number of carbonyl (C=O) groups excluding carboxylic acids is 4. The molecule has 0 aliphatic rings. The van der Waals surface area contributed by atoms with Gasteiger partial charge in [-0.25, -0.2) is 9.13 Å². The van der Waals surface area contributed by atoms with Crippen LogP contribution < -0.4 is 0 Å². The molecule has 0 saturated carbocycles. The molecule has 0 bridgehead atoms. The van der Waals surface area contributed by atoms with Crippen molar-refractivity contribution in [2.24, 2.45) is 5.92 Å². The van der Waals surface area contributed by atoms with Crippen LogP contribution in [0, 0.1) is 5.92 Å². The van der Waals surface area contributed by atoms with E-state index in [0.29, 0.717) is 25.7 Å². The molecule has 0 rings (SSSR count). The van der Waals surface area contributed by atoms with Crippen LogP contribution in [0.4, 0.5) is 0 Å². The predicted molar refractivity (Wildman–Crippen MR) is 377 cm³/mol. The van der Waals surface area contributed by atoms with Crippen molar-refractivity contribution in [3.8, 4) is 0 Å². The Hall–Kier alpha value is -1.94. The number of carbonyl (C=O) groups is 4. The maximum atomic E-state index is 13.1. The van der Waals surface area contributed by atoms with E-state index in [1.807, 2.05) is 0 Å². The number of ether oxygens (including phenoxy) is 4. The molecule has 0 aromatic rings. The highest BCUT2D eigenvalue weighted by Gasteiger charge is 2.30. The molecule has 0 fully saturated rings. The predicted octanol–water partition coefficient (Wildman–Crippen LogP) is 21.7. The van der Waals surface area contributed by atoms with Crippen LogP contribution in [0.25, 0.3) is 0 Å². The van der Waals surface area contributed by atoms with Gasteiger partial charge in [-0.2, -0.15) is 0 Å². The molecule has 0 heterocycles. The Morgan fingerprint density at radius 3 is 0.763 bits per heavy atom. The number of hydrogen-bond donors (Lipinski definition) is 3. The zero-order chi connectivity index (χ0) is 68.4. The summed E-state index contributed by atoms with van der Waals surface area (Å²) in [6.07, 6.45) is 55.5. The molecule has 6 atom stereocenters. The lowest BCUT2D eigenvalue weighted by Gasteiger charge is -2.21.